The first-order valence-electron chi connectivity index (χ1n) is 7.41. The highest BCUT2D eigenvalue weighted by atomic mass is 16.3. The third-order valence-electron chi connectivity index (χ3n) is 3.08. The van der Waals surface area contributed by atoms with E-state index in [-0.39, 0.29) is 29.3 Å². The molecule has 7 nitrogen and oxygen atoms in total. The van der Waals surface area contributed by atoms with E-state index in [2.05, 4.69) is 20.6 Å². The van der Waals surface area contributed by atoms with Gasteiger partial charge in [-0.2, -0.15) is 0 Å². The Kier molecular flexibility index (Phi) is 4.88. The monoisotopic (exact) mass is 318 g/mol. The second kappa shape index (κ2) is 6.68. The molecule has 0 aliphatic heterocycles. The maximum atomic E-state index is 12.2. The molecule has 0 aliphatic rings. The van der Waals surface area contributed by atoms with Crippen LogP contribution in [-0.4, -0.2) is 28.3 Å². The SMILES string of the molecule is Cc1ccc(CNC(=O)c2[nH]cnc2C(=O)NCC(C)(C)C)o1. The molecule has 0 fully saturated rings. The summed E-state index contributed by atoms with van der Waals surface area (Å²) in [4.78, 5) is 31.0. The van der Waals surface area contributed by atoms with Crippen molar-refractivity contribution in [1.82, 2.24) is 20.6 Å². The number of imidazole rings is 1. The minimum atomic E-state index is -0.405. The van der Waals surface area contributed by atoms with Gasteiger partial charge in [-0.3, -0.25) is 9.59 Å². The minimum Gasteiger partial charge on any atom is -0.465 e. The van der Waals surface area contributed by atoms with Crippen LogP contribution in [0, 0.1) is 12.3 Å². The van der Waals surface area contributed by atoms with Crippen molar-refractivity contribution in [2.45, 2.75) is 34.2 Å². The molecule has 2 aromatic heterocycles. The summed E-state index contributed by atoms with van der Waals surface area (Å²) in [6, 6.07) is 3.61. The summed E-state index contributed by atoms with van der Waals surface area (Å²) in [5, 5.41) is 5.48. The topological polar surface area (TPSA) is 100 Å². The molecule has 0 saturated carbocycles. The Hall–Kier alpha value is -2.57. The van der Waals surface area contributed by atoms with Crippen molar-refractivity contribution >= 4 is 11.8 Å². The summed E-state index contributed by atoms with van der Waals surface area (Å²) in [6.45, 7) is 8.60. The predicted octanol–water partition coefficient (Wildman–Crippen LogP) is 2.02. The molecule has 7 heteroatoms. The van der Waals surface area contributed by atoms with Crippen molar-refractivity contribution < 1.29 is 14.0 Å². The number of carbonyl (C=O) groups excluding carboxylic acids is 2. The van der Waals surface area contributed by atoms with Crippen LogP contribution in [0.15, 0.2) is 22.9 Å². The molecule has 2 aromatic rings. The lowest BCUT2D eigenvalue weighted by atomic mass is 9.97. The van der Waals surface area contributed by atoms with E-state index in [0.717, 1.165) is 5.76 Å². The number of rotatable bonds is 5. The van der Waals surface area contributed by atoms with Crippen LogP contribution in [0.3, 0.4) is 0 Å². The fraction of sp³-hybridized carbons (Fsp3) is 0.438. The molecule has 2 amide bonds. The van der Waals surface area contributed by atoms with E-state index < -0.39 is 5.91 Å². The number of hydrogen-bond donors (Lipinski definition) is 3. The summed E-state index contributed by atoms with van der Waals surface area (Å²) in [5.74, 6) is 0.643. The molecule has 2 heterocycles. The van der Waals surface area contributed by atoms with E-state index in [9.17, 15) is 9.59 Å². The Labute approximate surface area is 134 Å². The van der Waals surface area contributed by atoms with Crippen LogP contribution in [0.4, 0.5) is 0 Å². The van der Waals surface area contributed by atoms with Crippen LogP contribution < -0.4 is 10.6 Å². The summed E-state index contributed by atoms with van der Waals surface area (Å²) in [5.41, 5.74) is 0.174. The Bertz CT molecular complexity index is 694. The van der Waals surface area contributed by atoms with Gasteiger partial charge in [0.05, 0.1) is 12.9 Å². The maximum Gasteiger partial charge on any atom is 0.272 e. The van der Waals surface area contributed by atoms with Gasteiger partial charge in [0.25, 0.3) is 11.8 Å². The number of hydrogen-bond acceptors (Lipinski definition) is 4. The molecule has 124 valence electrons. The van der Waals surface area contributed by atoms with Crippen LogP contribution in [0.1, 0.15) is 53.3 Å². The molecular formula is C16H22N4O3. The van der Waals surface area contributed by atoms with Crippen molar-refractivity contribution in [3.05, 3.63) is 41.4 Å². The van der Waals surface area contributed by atoms with E-state index in [1.807, 2.05) is 33.8 Å². The lowest BCUT2D eigenvalue weighted by molar-refractivity contribution is 0.0904. The molecule has 0 atom stereocenters. The number of nitrogens with one attached hydrogen (secondary N) is 3. The normalized spacial score (nSPS) is 11.3. The van der Waals surface area contributed by atoms with Crippen LogP contribution in [0.5, 0.6) is 0 Å². The van der Waals surface area contributed by atoms with Gasteiger partial charge in [-0.05, 0) is 24.5 Å². The maximum absolute atomic E-state index is 12.2. The number of nitrogens with zero attached hydrogens (tertiary/aromatic N) is 1. The third kappa shape index (κ3) is 4.70. The van der Waals surface area contributed by atoms with Gasteiger partial charge in [0, 0.05) is 6.54 Å². The first-order chi connectivity index (χ1) is 10.8. The Morgan fingerprint density at radius 3 is 2.57 bits per heavy atom. The molecule has 0 unspecified atom stereocenters. The molecule has 0 spiro atoms. The minimum absolute atomic E-state index is 0.0501. The quantitative estimate of drug-likeness (QED) is 0.785. The summed E-state index contributed by atoms with van der Waals surface area (Å²) < 4.78 is 5.39. The first kappa shape index (κ1) is 16.8. The van der Waals surface area contributed by atoms with Gasteiger partial charge < -0.3 is 20.0 Å². The molecule has 23 heavy (non-hydrogen) atoms. The summed E-state index contributed by atoms with van der Waals surface area (Å²) >= 11 is 0. The van der Waals surface area contributed by atoms with Crippen LogP contribution in [0.2, 0.25) is 0 Å². The fourth-order valence-electron chi connectivity index (χ4n) is 1.90. The van der Waals surface area contributed by atoms with E-state index in [4.69, 9.17) is 4.42 Å². The second-order valence-corrected chi connectivity index (χ2v) is 6.56. The zero-order valence-corrected chi connectivity index (χ0v) is 13.8. The van der Waals surface area contributed by atoms with Crippen LogP contribution in [-0.2, 0) is 6.54 Å². The van der Waals surface area contributed by atoms with Crippen molar-refractivity contribution in [3.63, 3.8) is 0 Å². The standard InChI is InChI=1S/C16H22N4O3/c1-10-5-6-11(23-10)7-17-14(21)12-13(20-9-19-12)15(22)18-8-16(2,3)4/h5-6,9H,7-8H2,1-4H3,(H,17,21)(H,18,22)(H,19,20). The van der Waals surface area contributed by atoms with E-state index in [1.54, 1.807) is 6.07 Å². The molecule has 0 saturated heterocycles. The fourth-order valence-corrected chi connectivity index (χ4v) is 1.90. The predicted molar refractivity (Wildman–Crippen MR) is 85.0 cm³/mol. The van der Waals surface area contributed by atoms with E-state index >= 15 is 0 Å². The highest BCUT2D eigenvalue weighted by Gasteiger charge is 2.21. The molecule has 0 bridgehead atoms. The van der Waals surface area contributed by atoms with Crippen LogP contribution in [0.25, 0.3) is 0 Å². The van der Waals surface area contributed by atoms with Crippen molar-refractivity contribution in [2.24, 2.45) is 5.41 Å². The van der Waals surface area contributed by atoms with Gasteiger partial charge in [-0.1, -0.05) is 20.8 Å². The first-order valence-corrected chi connectivity index (χ1v) is 7.41. The average Bonchev–Trinajstić information content (AvgIpc) is 3.10. The lowest BCUT2D eigenvalue weighted by Crippen LogP contribution is -2.34. The average molecular weight is 318 g/mol. The number of amides is 2. The Morgan fingerprint density at radius 2 is 1.96 bits per heavy atom. The zero-order chi connectivity index (χ0) is 17.0. The van der Waals surface area contributed by atoms with E-state index in [1.165, 1.54) is 6.33 Å². The summed E-state index contributed by atoms with van der Waals surface area (Å²) in [7, 11) is 0. The highest BCUT2D eigenvalue weighted by Crippen LogP contribution is 2.11. The number of H-pyrrole nitrogens is 1. The van der Waals surface area contributed by atoms with Gasteiger partial charge in [0.1, 0.15) is 17.2 Å². The number of aromatic amines is 1. The number of aromatic nitrogens is 2. The Balaban J connectivity index is 1.99. The van der Waals surface area contributed by atoms with E-state index in [0.29, 0.717) is 12.3 Å². The summed E-state index contributed by atoms with van der Waals surface area (Å²) in [6.07, 6.45) is 1.33. The highest BCUT2D eigenvalue weighted by molar-refractivity contribution is 6.04. The Morgan fingerprint density at radius 1 is 1.22 bits per heavy atom. The van der Waals surface area contributed by atoms with Gasteiger partial charge in [-0.25, -0.2) is 4.98 Å². The van der Waals surface area contributed by atoms with Gasteiger partial charge in [-0.15, -0.1) is 0 Å². The molecule has 0 aromatic carbocycles. The largest absolute Gasteiger partial charge is 0.465 e. The van der Waals surface area contributed by atoms with Gasteiger partial charge >= 0.3 is 0 Å². The molecular weight excluding hydrogens is 296 g/mol. The third-order valence-corrected chi connectivity index (χ3v) is 3.08. The van der Waals surface area contributed by atoms with Gasteiger partial charge in [0.15, 0.2) is 5.69 Å². The molecule has 2 rings (SSSR count). The van der Waals surface area contributed by atoms with Crippen molar-refractivity contribution in [3.8, 4) is 0 Å². The van der Waals surface area contributed by atoms with Crippen molar-refractivity contribution in [1.29, 1.82) is 0 Å². The molecule has 0 radical (unpaired) electrons. The number of carbonyl (C=O) groups is 2. The zero-order valence-electron chi connectivity index (χ0n) is 13.8. The molecule has 0 aliphatic carbocycles. The van der Waals surface area contributed by atoms with Crippen LogP contribution >= 0.6 is 0 Å². The smallest absolute Gasteiger partial charge is 0.272 e. The second-order valence-electron chi connectivity index (χ2n) is 6.56. The van der Waals surface area contributed by atoms with Crippen molar-refractivity contribution in [2.75, 3.05) is 6.54 Å². The van der Waals surface area contributed by atoms with Gasteiger partial charge in [0.2, 0.25) is 0 Å². The number of furan rings is 1. The molecule has 3 N–H and O–H groups in total. The number of aryl methyl sites for hydroxylation is 1. The lowest BCUT2D eigenvalue weighted by Gasteiger charge is -2.18.